The Labute approximate surface area is 98.8 Å². The molecule has 0 bridgehead atoms. The van der Waals surface area contributed by atoms with Gasteiger partial charge < -0.3 is 10.0 Å². The Morgan fingerprint density at radius 3 is 2.62 bits per heavy atom. The Bertz CT molecular complexity index is 226. The molecule has 0 saturated carbocycles. The van der Waals surface area contributed by atoms with Crippen LogP contribution in [0, 0.1) is 5.92 Å². The number of carbonyl (C=O) groups excluding carboxylic acids is 1. The summed E-state index contributed by atoms with van der Waals surface area (Å²) in [5.74, 6) is 0.682. The van der Waals surface area contributed by atoms with Crippen LogP contribution in [0.1, 0.15) is 52.9 Å². The molecule has 94 valence electrons. The summed E-state index contributed by atoms with van der Waals surface area (Å²) in [4.78, 5) is 14.0. The first-order chi connectivity index (χ1) is 7.50. The molecule has 1 N–H and O–H groups in total. The van der Waals surface area contributed by atoms with Gasteiger partial charge >= 0.3 is 0 Å². The molecule has 1 heterocycles. The van der Waals surface area contributed by atoms with Crippen molar-refractivity contribution < 1.29 is 9.90 Å². The number of aliphatic hydroxyl groups is 1. The number of carbonyl (C=O) groups is 1. The van der Waals surface area contributed by atoms with Crippen molar-refractivity contribution >= 4 is 5.91 Å². The highest BCUT2D eigenvalue weighted by Crippen LogP contribution is 2.22. The van der Waals surface area contributed by atoms with Gasteiger partial charge in [-0.1, -0.05) is 13.8 Å². The van der Waals surface area contributed by atoms with Crippen LogP contribution < -0.4 is 0 Å². The van der Waals surface area contributed by atoms with Gasteiger partial charge in [0.05, 0.1) is 6.10 Å². The zero-order valence-electron chi connectivity index (χ0n) is 10.8. The number of likely N-dealkylation sites (tertiary alicyclic amines) is 1. The molecule has 0 aromatic carbocycles. The summed E-state index contributed by atoms with van der Waals surface area (Å²) >= 11 is 0. The molecular weight excluding hydrogens is 202 g/mol. The van der Waals surface area contributed by atoms with Gasteiger partial charge in [0.2, 0.25) is 5.91 Å². The van der Waals surface area contributed by atoms with Crippen LogP contribution >= 0.6 is 0 Å². The third-order valence-electron chi connectivity index (χ3n) is 3.14. The minimum absolute atomic E-state index is 0.264. The van der Waals surface area contributed by atoms with E-state index in [1.165, 1.54) is 6.42 Å². The summed E-state index contributed by atoms with van der Waals surface area (Å²) < 4.78 is 0. The van der Waals surface area contributed by atoms with E-state index >= 15 is 0 Å². The standard InChI is InChI=1S/C13H25NO2/c1-10(2)8-13(16)14-7-5-4-6-12(14)9-11(3)15/h10-12,15H,4-9H2,1-3H3. The Morgan fingerprint density at radius 2 is 2.06 bits per heavy atom. The maximum Gasteiger partial charge on any atom is 0.223 e. The van der Waals surface area contributed by atoms with Crippen LogP contribution in [0.3, 0.4) is 0 Å². The van der Waals surface area contributed by atoms with Gasteiger partial charge in [0.15, 0.2) is 0 Å². The number of aliphatic hydroxyl groups excluding tert-OH is 1. The van der Waals surface area contributed by atoms with Crippen molar-refractivity contribution in [3.05, 3.63) is 0 Å². The molecule has 1 aliphatic rings. The van der Waals surface area contributed by atoms with E-state index in [1.807, 2.05) is 4.90 Å². The fourth-order valence-electron chi connectivity index (χ4n) is 2.43. The van der Waals surface area contributed by atoms with Crippen LogP contribution in [0.5, 0.6) is 0 Å². The van der Waals surface area contributed by atoms with Crippen LogP contribution in [0.15, 0.2) is 0 Å². The van der Waals surface area contributed by atoms with Crippen molar-refractivity contribution in [1.82, 2.24) is 4.90 Å². The summed E-state index contributed by atoms with van der Waals surface area (Å²) in [6.07, 6.45) is 4.40. The van der Waals surface area contributed by atoms with Crippen molar-refractivity contribution in [2.24, 2.45) is 5.92 Å². The molecule has 2 atom stereocenters. The summed E-state index contributed by atoms with van der Waals surface area (Å²) in [7, 11) is 0. The number of nitrogens with zero attached hydrogens (tertiary/aromatic N) is 1. The lowest BCUT2D eigenvalue weighted by Crippen LogP contribution is -2.45. The van der Waals surface area contributed by atoms with Crippen LogP contribution in [0.25, 0.3) is 0 Å². The Kier molecular flexibility index (Phi) is 5.26. The second-order valence-electron chi connectivity index (χ2n) is 5.42. The highest BCUT2D eigenvalue weighted by atomic mass is 16.3. The molecule has 1 aliphatic heterocycles. The van der Waals surface area contributed by atoms with Crippen molar-refractivity contribution in [2.75, 3.05) is 6.54 Å². The Balaban J connectivity index is 2.55. The lowest BCUT2D eigenvalue weighted by molar-refractivity contribution is -0.136. The van der Waals surface area contributed by atoms with Gasteiger partial charge in [-0.3, -0.25) is 4.79 Å². The first kappa shape index (κ1) is 13.5. The molecule has 3 heteroatoms. The van der Waals surface area contributed by atoms with Gasteiger partial charge in [0, 0.05) is 19.0 Å². The Morgan fingerprint density at radius 1 is 1.38 bits per heavy atom. The summed E-state index contributed by atoms with van der Waals surface area (Å²) in [6.45, 7) is 6.83. The fourth-order valence-corrected chi connectivity index (χ4v) is 2.43. The van der Waals surface area contributed by atoms with Crippen molar-refractivity contribution in [3.63, 3.8) is 0 Å². The summed E-state index contributed by atoms with van der Waals surface area (Å²) in [5, 5.41) is 9.45. The predicted molar refractivity (Wildman–Crippen MR) is 65.1 cm³/mol. The lowest BCUT2D eigenvalue weighted by atomic mass is 9.96. The average Bonchev–Trinajstić information content (AvgIpc) is 2.16. The normalized spacial score (nSPS) is 23.6. The van der Waals surface area contributed by atoms with Gasteiger partial charge in [-0.2, -0.15) is 0 Å². The largest absolute Gasteiger partial charge is 0.393 e. The molecular formula is C13H25NO2. The molecule has 1 rings (SSSR count). The second-order valence-corrected chi connectivity index (χ2v) is 5.42. The fraction of sp³-hybridized carbons (Fsp3) is 0.923. The minimum Gasteiger partial charge on any atom is -0.393 e. The highest BCUT2D eigenvalue weighted by Gasteiger charge is 2.27. The molecule has 1 fully saturated rings. The lowest BCUT2D eigenvalue weighted by Gasteiger charge is -2.37. The zero-order chi connectivity index (χ0) is 12.1. The smallest absolute Gasteiger partial charge is 0.223 e. The minimum atomic E-state index is -0.308. The van der Waals surface area contributed by atoms with E-state index in [0.29, 0.717) is 12.3 Å². The second kappa shape index (κ2) is 6.24. The maximum absolute atomic E-state index is 12.0. The van der Waals surface area contributed by atoms with Gasteiger partial charge in [-0.05, 0) is 38.5 Å². The zero-order valence-corrected chi connectivity index (χ0v) is 10.8. The monoisotopic (exact) mass is 227 g/mol. The molecule has 1 amide bonds. The van der Waals surface area contributed by atoms with Gasteiger partial charge in [-0.25, -0.2) is 0 Å². The maximum atomic E-state index is 12.0. The highest BCUT2D eigenvalue weighted by molar-refractivity contribution is 5.76. The molecule has 0 aromatic heterocycles. The molecule has 2 unspecified atom stereocenters. The Hall–Kier alpha value is -0.570. The van der Waals surface area contributed by atoms with Crippen molar-refractivity contribution in [1.29, 1.82) is 0 Å². The first-order valence-electron chi connectivity index (χ1n) is 6.48. The van der Waals surface area contributed by atoms with E-state index in [4.69, 9.17) is 0 Å². The number of hydrogen-bond donors (Lipinski definition) is 1. The molecule has 0 aliphatic carbocycles. The number of piperidine rings is 1. The van der Waals surface area contributed by atoms with E-state index in [9.17, 15) is 9.90 Å². The van der Waals surface area contributed by atoms with Crippen LogP contribution in [-0.2, 0) is 4.79 Å². The van der Waals surface area contributed by atoms with Gasteiger partial charge in [-0.15, -0.1) is 0 Å². The molecule has 3 nitrogen and oxygen atoms in total. The average molecular weight is 227 g/mol. The first-order valence-corrected chi connectivity index (χ1v) is 6.48. The predicted octanol–water partition coefficient (Wildman–Crippen LogP) is 2.18. The summed E-state index contributed by atoms with van der Waals surface area (Å²) in [5.41, 5.74) is 0. The van der Waals surface area contributed by atoms with Gasteiger partial charge in [0.25, 0.3) is 0 Å². The van der Waals surface area contributed by atoms with Crippen molar-refractivity contribution in [3.8, 4) is 0 Å². The van der Waals surface area contributed by atoms with Gasteiger partial charge in [0.1, 0.15) is 0 Å². The molecule has 0 spiro atoms. The molecule has 0 radical (unpaired) electrons. The molecule has 0 aromatic rings. The van der Waals surface area contributed by atoms with Crippen LogP contribution in [0.2, 0.25) is 0 Å². The van der Waals surface area contributed by atoms with Crippen LogP contribution in [0.4, 0.5) is 0 Å². The number of hydrogen-bond acceptors (Lipinski definition) is 2. The third-order valence-corrected chi connectivity index (χ3v) is 3.14. The third kappa shape index (κ3) is 4.12. The quantitative estimate of drug-likeness (QED) is 0.799. The van der Waals surface area contributed by atoms with E-state index in [1.54, 1.807) is 6.92 Å². The van der Waals surface area contributed by atoms with E-state index < -0.39 is 0 Å². The van der Waals surface area contributed by atoms with E-state index in [0.717, 1.165) is 25.8 Å². The topological polar surface area (TPSA) is 40.5 Å². The summed E-state index contributed by atoms with van der Waals surface area (Å²) in [6, 6.07) is 0.264. The SMILES string of the molecule is CC(C)CC(=O)N1CCCCC1CC(C)O. The number of amides is 1. The molecule has 1 saturated heterocycles. The van der Waals surface area contributed by atoms with E-state index in [2.05, 4.69) is 13.8 Å². The van der Waals surface area contributed by atoms with E-state index in [-0.39, 0.29) is 18.1 Å². The van der Waals surface area contributed by atoms with Crippen LogP contribution in [-0.4, -0.2) is 34.6 Å². The molecule has 16 heavy (non-hydrogen) atoms. The van der Waals surface area contributed by atoms with Crippen molar-refractivity contribution in [2.45, 2.75) is 65.0 Å². The number of rotatable bonds is 4.